The molecule has 6 heteroatoms. The maximum Gasteiger partial charge on any atom is 0.243 e. The molecule has 0 fully saturated rings. The Balaban J connectivity index is 2.33. The molecule has 0 bridgehead atoms. The van der Waals surface area contributed by atoms with E-state index in [9.17, 15) is 8.42 Å². The molecule has 0 heterocycles. The summed E-state index contributed by atoms with van der Waals surface area (Å²) in [6.07, 6.45) is 0. The molecule has 0 amide bonds. The van der Waals surface area contributed by atoms with Crippen molar-refractivity contribution in [2.75, 3.05) is 7.11 Å². The third-order valence-electron chi connectivity index (χ3n) is 3.48. The van der Waals surface area contributed by atoms with E-state index in [0.717, 1.165) is 15.8 Å². The molecule has 0 aromatic heterocycles. The van der Waals surface area contributed by atoms with Gasteiger partial charge in [0.25, 0.3) is 0 Å². The van der Waals surface area contributed by atoms with Crippen molar-refractivity contribution in [1.29, 1.82) is 0 Å². The molecule has 0 N–H and O–H groups in total. The lowest BCUT2D eigenvalue weighted by Crippen LogP contribution is -2.36. The third-order valence-corrected chi connectivity index (χ3v) is 5.99. The monoisotopic (exact) mass is 397 g/mol. The van der Waals surface area contributed by atoms with Gasteiger partial charge in [0.05, 0.1) is 12.0 Å². The third kappa shape index (κ3) is 4.34. The smallest absolute Gasteiger partial charge is 0.243 e. The van der Waals surface area contributed by atoms with Gasteiger partial charge in [-0.25, -0.2) is 8.42 Å². The van der Waals surface area contributed by atoms with Crippen molar-refractivity contribution in [3.8, 4) is 5.75 Å². The standard InChI is InChI=1S/C17H20BrNO3S/c1-13(2)19(12-14-7-9-16(22-3)10-8-14)23(20,21)17-6-4-5-15(18)11-17/h4-11,13H,12H2,1-3H3. The Morgan fingerprint density at radius 1 is 1.13 bits per heavy atom. The van der Waals surface area contributed by atoms with Gasteiger partial charge in [-0.05, 0) is 49.7 Å². The zero-order chi connectivity index (χ0) is 17.0. The Hall–Kier alpha value is -1.37. The summed E-state index contributed by atoms with van der Waals surface area (Å²) < 4.78 is 33.2. The first kappa shape index (κ1) is 18.0. The van der Waals surface area contributed by atoms with Crippen LogP contribution >= 0.6 is 15.9 Å². The van der Waals surface area contributed by atoms with Crippen molar-refractivity contribution < 1.29 is 13.2 Å². The Labute approximate surface area is 146 Å². The molecule has 0 atom stereocenters. The molecule has 0 aliphatic carbocycles. The van der Waals surface area contributed by atoms with Gasteiger partial charge in [0.15, 0.2) is 0 Å². The van der Waals surface area contributed by atoms with Crippen LogP contribution in [0.3, 0.4) is 0 Å². The van der Waals surface area contributed by atoms with Crippen LogP contribution in [0, 0.1) is 0 Å². The molecule has 0 saturated carbocycles. The van der Waals surface area contributed by atoms with Crippen LogP contribution in [0.1, 0.15) is 19.4 Å². The van der Waals surface area contributed by atoms with E-state index in [1.54, 1.807) is 25.3 Å². The van der Waals surface area contributed by atoms with Crippen LogP contribution < -0.4 is 4.74 Å². The fraction of sp³-hybridized carbons (Fsp3) is 0.294. The number of halogens is 1. The SMILES string of the molecule is COc1ccc(CN(C(C)C)S(=O)(=O)c2cccc(Br)c2)cc1. The highest BCUT2D eigenvalue weighted by atomic mass is 79.9. The maximum atomic E-state index is 12.9. The first-order valence-corrected chi connectivity index (χ1v) is 9.48. The van der Waals surface area contributed by atoms with Crippen molar-refractivity contribution >= 4 is 26.0 Å². The van der Waals surface area contributed by atoms with Crippen LogP contribution in [0.15, 0.2) is 57.9 Å². The second-order valence-corrected chi connectivity index (χ2v) is 8.26. The first-order valence-electron chi connectivity index (χ1n) is 7.25. The quantitative estimate of drug-likeness (QED) is 0.738. The lowest BCUT2D eigenvalue weighted by atomic mass is 10.2. The number of ether oxygens (including phenoxy) is 1. The molecule has 0 unspecified atom stereocenters. The molecule has 0 aliphatic heterocycles. The minimum Gasteiger partial charge on any atom is -0.497 e. The van der Waals surface area contributed by atoms with Gasteiger partial charge < -0.3 is 4.74 Å². The van der Waals surface area contributed by atoms with E-state index in [2.05, 4.69) is 15.9 Å². The van der Waals surface area contributed by atoms with Crippen LogP contribution in [0.25, 0.3) is 0 Å². The average molecular weight is 398 g/mol. The normalized spacial score (nSPS) is 11.9. The topological polar surface area (TPSA) is 46.6 Å². The van der Waals surface area contributed by atoms with Crippen molar-refractivity contribution in [2.24, 2.45) is 0 Å². The van der Waals surface area contributed by atoms with Gasteiger partial charge in [-0.2, -0.15) is 4.31 Å². The van der Waals surface area contributed by atoms with E-state index in [1.165, 1.54) is 4.31 Å². The number of hydrogen-bond acceptors (Lipinski definition) is 3. The molecular weight excluding hydrogens is 378 g/mol. The molecule has 2 rings (SSSR count). The number of methoxy groups -OCH3 is 1. The van der Waals surface area contributed by atoms with Gasteiger partial charge in [-0.1, -0.05) is 34.1 Å². The number of sulfonamides is 1. The van der Waals surface area contributed by atoms with E-state index in [0.29, 0.717) is 6.54 Å². The summed E-state index contributed by atoms with van der Waals surface area (Å²) in [4.78, 5) is 0.286. The molecule has 2 aromatic carbocycles. The van der Waals surface area contributed by atoms with E-state index in [1.807, 2.05) is 44.2 Å². The second-order valence-electron chi connectivity index (χ2n) is 5.45. The molecular formula is C17H20BrNO3S. The van der Waals surface area contributed by atoms with Crippen molar-refractivity contribution in [1.82, 2.24) is 4.31 Å². The average Bonchev–Trinajstić information content (AvgIpc) is 2.52. The summed E-state index contributed by atoms with van der Waals surface area (Å²) in [6, 6.07) is 14.0. The molecule has 23 heavy (non-hydrogen) atoms. The van der Waals surface area contributed by atoms with Crippen molar-refractivity contribution in [3.05, 3.63) is 58.6 Å². The molecule has 0 aliphatic rings. The molecule has 0 saturated heterocycles. The summed E-state index contributed by atoms with van der Waals surface area (Å²) in [6.45, 7) is 4.06. The summed E-state index contributed by atoms with van der Waals surface area (Å²) >= 11 is 3.33. The highest BCUT2D eigenvalue weighted by molar-refractivity contribution is 9.10. The van der Waals surface area contributed by atoms with Crippen LogP contribution in [0.4, 0.5) is 0 Å². The zero-order valence-electron chi connectivity index (χ0n) is 13.4. The van der Waals surface area contributed by atoms with Gasteiger partial charge in [-0.3, -0.25) is 0 Å². The fourth-order valence-corrected chi connectivity index (χ4v) is 4.44. The minimum atomic E-state index is -3.56. The summed E-state index contributed by atoms with van der Waals surface area (Å²) in [7, 11) is -1.96. The number of rotatable bonds is 6. The zero-order valence-corrected chi connectivity index (χ0v) is 15.8. The van der Waals surface area contributed by atoms with E-state index in [-0.39, 0.29) is 10.9 Å². The predicted molar refractivity (Wildman–Crippen MR) is 95.0 cm³/mol. The Morgan fingerprint density at radius 3 is 2.30 bits per heavy atom. The van der Waals surface area contributed by atoms with Crippen LogP contribution in [0.5, 0.6) is 5.75 Å². The Kier molecular flexibility index (Phi) is 5.84. The summed E-state index contributed by atoms with van der Waals surface area (Å²) in [5.74, 6) is 0.750. The lowest BCUT2D eigenvalue weighted by molar-refractivity contribution is 0.347. The predicted octanol–water partition coefficient (Wildman–Crippen LogP) is 4.06. The molecule has 0 radical (unpaired) electrons. The molecule has 4 nitrogen and oxygen atoms in total. The van der Waals surface area contributed by atoms with Gasteiger partial charge in [-0.15, -0.1) is 0 Å². The minimum absolute atomic E-state index is 0.152. The number of nitrogens with zero attached hydrogens (tertiary/aromatic N) is 1. The number of hydrogen-bond donors (Lipinski definition) is 0. The van der Waals surface area contributed by atoms with E-state index >= 15 is 0 Å². The van der Waals surface area contributed by atoms with Gasteiger partial charge in [0.2, 0.25) is 10.0 Å². The van der Waals surface area contributed by atoms with Crippen LogP contribution in [-0.2, 0) is 16.6 Å². The van der Waals surface area contributed by atoms with Crippen LogP contribution in [-0.4, -0.2) is 25.9 Å². The fourth-order valence-electron chi connectivity index (χ4n) is 2.22. The van der Waals surface area contributed by atoms with Gasteiger partial charge in [0, 0.05) is 17.1 Å². The second kappa shape index (κ2) is 7.47. The highest BCUT2D eigenvalue weighted by Crippen LogP contribution is 2.24. The van der Waals surface area contributed by atoms with Crippen LogP contribution in [0.2, 0.25) is 0 Å². The molecule has 2 aromatic rings. The van der Waals surface area contributed by atoms with E-state index in [4.69, 9.17) is 4.74 Å². The van der Waals surface area contributed by atoms with Crippen molar-refractivity contribution in [2.45, 2.75) is 31.3 Å². The molecule has 0 spiro atoms. The molecule has 124 valence electrons. The summed E-state index contributed by atoms with van der Waals surface area (Å²) in [5.41, 5.74) is 0.915. The number of benzene rings is 2. The largest absolute Gasteiger partial charge is 0.497 e. The maximum absolute atomic E-state index is 12.9. The van der Waals surface area contributed by atoms with Gasteiger partial charge >= 0.3 is 0 Å². The highest BCUT2D eigenvalue weighted by Gasteiger charge is 2.27. The Bertz CT molecular complexity index is 758. The first-order chi connectivity index (χ1) is 10.8. The lowest BCUT2D eigenvalue weighted by Gasteiger charge is -2.26. The van der Waals surface area contributed by atoms with Gasteiger partial charge in [0.1, 0.15) is 5.75 Å². The Morgan fingerprint density at radius 2 is 1.78 bits per heavy atom. The van der Waals surface area contributed by atoms with E-state index < -0.39 is 10.0 Å². The van der Waals surface area contributed by atoms with Crippen molar-refractivity contribution in [3.63, 3.8) is 0 Å². The summed E-state index contributed by atoms with van der Waals surface area (Å²) in [5, 5.41) is 0.